The van der Waals surface area contributed by atoms with Crippen molar-refractivity contribution in [3.05, 3.63) is 68.1 Å². The van der Waals surface area contributed by atoms with E-state index in [0.717, 1.165) is 0 Å². The highest BCUT2D eigenvalue weighted by Gasteiger charge is 2.20. The van der Waals surface area contributed by atoms with Gasteiger partial charge in [-0.05, 0) is 39.9 Å². The van der Waals surface area contributed by atoms with Crippen molar-refractivity contribution < 1.29 is 34.2 Å². The number of hydrogen-bond acceptors (Lipinski definition) is 12. The SMILES string of the molecule is C#COC(=O)c1ccc(Cl)c(OCCn2cnnn2)c1Cl.C#COC(=O)c1ccc(Cl)c(OCCn2ncnn2)c1Cl.[HH].[HH].[HH].[HH]. The van der Waals surface area contributed by atoms with Crippen LogP contribution in [0.4, 0.5) is 0 Å². The predicted octanol–water partition coefficient (Wildman–Crippen LogP) is 4.60. The van der Waals surface area contributed by atoms with Gasteiger partial charge in [-0.3, -0.25) is 0 Å². The van der Waals surface area contributed by atoms with Crippen LogP contribution in [0.1, 0.15) is 26.4 Å². The molecule has 2 aromatic carbocycles. The number of tetrazole rings is 2. The van der Waals surface area contributed by atoms with Crippen molar-refractivity contribution in [2.24, 2.45) is 0 Å². The molecule has 2 heterocycles. The summed E-state index contributed by atoms with van der Waals surface area (Å²) in [6.45, 7) is 1.12. The minimum Gasteiger partial charge on any atom is -0.488 e. The predicted molar refractivity (Wildman–Crippen MR) is 157 cm³/mol. The van der Waals surface area contributed by atoms with Crippen LogP contribution >= 0.6 is 46.4 Å². The smallest absolute Gasteiger partial charge is 0.353 e. The van der Waals surface area contributed by atoms with Crippen molar-refractivity contribution in [2.75, 3.05) is 13.2 Å². The van der Waals surface area contributed by atoms with Gasteiger partial charge < -0.3 is 18.9 Å². The van der Waals surface area contributed by atoms with Crippen LogP contribution in [-0.2, 0) is 22.6 Å². The van der Waals surface area contributed by atoms with Gasteiger partial charge in [0.25, 0.3) is 0 Å². The number of rotatable bonds is 10. The van der Waals surface area contributed by atoms with Crippen LogP contribution in [0.2, 0.25) is 20.1 Å². The lowest BCUT2D eigenvalue weighted by atomic mass is 10.2. The average Bonchev–Trinajstić information content (AvgIpc) is 3.68. The quantitative estimate of drug-likeness (QED) is 0.172. The second kappa shape index (κ2) is 16.0. The molecule has 0 unspecified atom stereocenters. The Hall–Kier alpha value is -4.60. The second-order valence-electron chi connectivity index (χ2n) is 7.29. The van der Waals surface area contributed by atoms with Gasteiger partial charge in [0.1, 0.15) is 31.8 Å². The van der Waals surface area contributed by atoms with Crippen molar-refractivity contribution >= 4 is 58.3 Å². The zero-order valence-corrected chi connectivity index (χ0v) is 24.0. The third kappa shape index (κ3) is 8.70. The number of carbonyl (C=O) groups is 2. The molecule has 0 N–H and O–H groups in total. The summed E-state index contributed by atoms with van der Waals surface area (Å²) in [6.07, 6.45) is 16.1. The van der Waals surface area contributed by atoms with Crippen LogP contribution in [0.25, 0.3) is 0 Å². The van der Waals surface area contributed by atoms with Gasteiger partial charge in [-0.25, -0.2) is 14.3 Å². The van der Waals surface area contributed by atoms with Gasteiger partial charge in [0.15, 0.2) is 17.8 Å². The maximum atomic E-state index is 11.6. The molecule has 18 heteroatoms. The maximum absolute atomic E-state index is 11.6. The number of benzene rings is 2. The topological polar surface area (TPSA) is 158 Å². The first-order chi connectivity index (χ1) is 20.3. The zero-order valence-electron chi connectivity index (χ0n) is 21.0. The van der Waals surface area contributed by atoms with Gasteiger partial charge in [0.2, 0.25) is 0 Å². The van der Waals surface area contributed by atoms with Crippen LogP contribution < -0.4 is 9.47 Å². The first-order valence-electron chi connectivity index (χ1n) is 11.2. The molecule has 0 aliphatic carbocycles. The minimum atomic E-state index is -0.762. The lowest BCUT2D eigenvalue weighted by Crippen LogP contribution is -2.12. The van der Waals surface area contributed by atoms with Crippen LogP contribution in [-0.4, -0.2) is 65.6 Å². The summed E-state index contributed by atoms with van der Waals surface area (Å²) < 4.78 is 21.3. The number of carbonyl (C=O) groups excluding carboxylic acids is 2. The van der Waals surface area contributed by atoms with Crippen LogP contribution in [0.3, 0.4) is 0 Å². The van der Waals surface area contributed by atoms with E-state index in [0.29, 0.717) is 13.1 Å². The van der Waals surface area contributed by atoms with E-state index in [1.807, 2.05) is 0 Å². The van der Waals surface area contributed by atoms with Crippen LogP contribution in [0.15, 0.2) is 36.9 Å². The average molecular weight is 662 g/mol. The number of hydrogen-bond donors (Lipinski definition) is 0. The van der Waals surface area contributed by atoms with E-state index in [4.69, 9.17) is 68.7 Å². The Kier molecular flexibility index (Phi) is 12.2. The Morgan fingerprint density at radius 3 is 1.81 bits per heavy atom. The van der Waals surface area contributed by atoms with Crippen LogP contribution in [0.5, 0.6) is 11.5 Å². The monoisotopic (exact) mass is 660 g/mol. The fourth-order valence-electron chi connectivity index (χ4n) is 2.91. The number of aromatic nitrogens is 8. The van der Waals surface area contributed by atoms with Gasteiger partial charge in [0.05, 0.1) is 44.3 Å². The molecular formula is C24H24Cl4N8O6. The Labute approximate surface area is 263 Å². The molecule has 224 valence electrons. The van der Waals surface area contributed by atoms with Gasteiger partial charge in [-0.1, -0.05) is 59.3 Å². The van der Waals surface area contributed by atoms with Crippen LogP contribution in [0, 0.1) is 25.1 Å². The summed E-state index contributed by atoms with van der Waals surface area (Å²) in [5.41, 5.74) is 0.129. The molecule has 2 aromatic heterocycles. The molecule has 0 fully saturated rings. The number of ether oxygens (including phenoxy) is 4. The van der Waals surface area contributed by atoms with E-state index >= 15 is 0 Å². The summed E-state index contributed by atoms with van der Waals surface area (Å²) >= 11 is 24.1. The van der Waals surface area contributed by atoms with Gasteiger partial charge in [0, 0.05) is 5.71 Å². The number of terminal acetylenes is 2. The summed E-state index contributed by atoms with van der Waals surface area (Å²) in [5, 5.41) is 22.3. The molecule has 0 saturated heterocycles. The Bertz CT molecular complexity index is 1500. The lowest BCUT2D eigenvalue weighted by Gasteiger charge is -2.11. The molecule has 0 aliphatic rings. The summed E-state index contributed by atoms with van der Waals surface area (Å²) in [6, 6.07) is 5.73. The number of halogens is 4. The molecule has 0 atom stereocenters. The molecule has 42 heavy (non-hydrogen) atoms. The summed E-state index contributed by atoms with van der Waals surface area (Å²) in [4.78, 5) is 24.6. The van der Waals surface area contributed by atoms with Crippen molar-refractivity contribution in [2.45, 2.75) is 13.1 Å². The Morgan fingerprint density at radius 1 is 0.810 bits per heavy atom. The highest BCUT2D eigenvalue weighted by molar-refractivity contribution is 6.39. The lowest BCUT2D eigenvalue weighted by molar-refractivity contribution is 0.0681. The van der Waals surface area contributed by atoms with Crippen molar-refractivity contribution in [3.63, 3.8) is 0 Å². The van der Waals surface area contributed by atoms with E-state index in [9.17, 15) is 9.59 Å². The Morgan fingerprint density at radius 2 is 1.36 bits per heavy atom. The zero-order chi connectivity index (χ0) is 30.5. The van der Waals surface area contributed by atoms with Crippen molar-refractivity contribution in [1.82, 2.24) is 40.4 Å². The largest absolute Gasteiger partial charge is 0.488 e. The van der Waals surface area contributed by atoms with E-state index in [1.165, 1.54) is 46.4 Å². The first-order valence-corrected chi connectivity index (χ1v) is 12.7. The standard InChI is InChI=1S/2C12H8Cl2N4O3.4H2/c1-2-20-12(19)8-3-4-9(13)11(10(8)14)21-6-5-18-7-15-16-17-18;1-2-20-12(19)8-3-4-9(13)11(10(8)14)21-6-5-18-16-7-15-17-18;;;;/h2*1,3-4,7H,5-6H2;4*1H. The molecule has 0 bridgehead atoms. The molecule has 14 nitrogen and oxygen atoms in total. The third-order valence-corrected chi connectivity index (χ3v) is 6.07. The molecule has 4 rings (SSSR count). The molecule has 0 saturated carbocycles. The van der Waals surface area contributed by atoms with Crippen molar-refractivity contribution in [1.29, 1.82) is 0 Å². The molecule has 0 spiro atoms. The van der Waals surface area contributed by atoms with E-state index in [1.54, 1.807) is 12.2 Å². The van der Waals surface area contributed by atoms with Gasteiger partial charge >= 0.3 is 11.9 Å². The van der Waals surface area contributed by atoms with Gasteiger partial charge in [-0.2, -0.15) is 4.80 Å². The van der Waals surface area contributed by atoms with Gasteiger partial charge in [-0.15, -0.1) is 15.3 Å². The van der Waals surface area contributed by atoms with E-state index < -0.39 is 11.9 Å². The highest BCUT2D eigenvalue weighted by Crippen LogP contribution is 2.37. The van der Waals surface area contributed by atoms with E-state index in [-0.39, 0.29) is 61.6 Å². The maximum Gasteiger partial charge on any atom is 0.353 e. The second-order valence-corrected chi connectivity index (χ2v) is 8.86. The molecule has 0 aliphatic heterocycles. The highest BCUT2D eigenvalue weighted by atomic mass is 35.5. The fraction of sp³-hybridized carbons (Fsp3) is 0.167. The third-order valence-electron chi connectivity index (χ3n) is 4.73. The number of esters is 2. The fourth-order valence-corrected chi connectivity index (χ4v) is 4.02. The normalized spacial score (nSPS) is 9.95. The summed E-state index contributed by atoms with van der Waals surface area (Å²) in [7, 11) is 0. The molecular weight excluding hydrogens is 638 g/mol. The number of nitrogens with zero attached hydrogens (tertiary/aromatic N) is 8. The molecule has 0 amide bonds. The molecule has 0 radical (unpaired) electrons. The first kappa shape index (κ1) is 31.9. The summed E-state index contributed by atoms with van der Waals surface area (Å²) in [5.74, 6) is -1.20. The molecule has 4 aromatic rings. The Balaban J connectivity index is 0. The minimum absolute atomic E-state index is 0. The van der Waals surface area contributed by atoms with E-state index in [2.05, 4.69) is 40.4 Å². The van der Waals surface area contributed by atoms with Crippen molar-refractivity contribution in [3.8, 4) is 36.6 Å².